The van der Waals surface area contributed by atoms with Gasteiger partial charge in [0.15, 0.2) is 5.69 Å². The standard InChI is InChI=1S/C21H21ClF3N5O2/c1-14-18(13-30-12-17(22)10-26-30)19(27-32-14)20(31)29-7-5-28(6-8-29)11-15-3-2-4-16(9-15)21(23,24)25/h2-4,9-10,12H,5-8,11,13H2,1H3. The minimum absolute atomic E-state index is 0.237. The topological polar surface area (TPSA) is 67.4 Å². The fourth-order valence-corrected chi connectivity index (χ4v) is 3.85. The van der Waals surface area contributed by atoms with E-state index in [1.807, 2.05) is 4.90 Å². The maximum atomic E-state index is 13.1. The van der Waals surface area contributed by atoms with Crippen LogP contribution in [-0.2, 0) is 19.3 Å². The molecule has 0 radical (unpaired) electrons. The molecule has 0 unspecified atom stereocenters. The molecule has 7 nitrogen and oxygen atoms in total. The molecule has 1 fully saturated rings. The Labute approximate surface area is 187 Å². The van der Waals surface area contributed by atoms with Crippen LogP contribution in [0.5, 0.6) is 0 Å². The second kappa shape index (κ2) is 8.95. The van der Waals surface area contributed by atoms with Crippen molar-refractivity contribution in [1.82, 2.24) is 24.7 Å². The molecule has 1 aliphatic heterocycles. The first kappa shape index (κ1) is 22.3. The summed E-state index contributed by atoms with van der Waals surface area (Å²) in [5.74, 6) is 0.289. The van der Waals surface area contributed by atoms with E-state index in [2.05, 4.69) is 10.3 Å². The lowest BCUT2D eigenvalue weighted by atomic mass is 10.1. The molecule has 0 bridgehead atoms. The number of amides is 1. The second-order valence-corrected chi connectivity index (χ2v) is 8.12. The highest BCUT2D eigenvalue weighted by atomic mass is 35.5. The van der Waals surface area contributed by atoms with Gasteiger partial charge in [-0.05, 0) is 18.6 Å². The lowest BCUT2D eigenvalue weighted by Gasteiger charge is -2.34. The minimum Gasteiger partial charge on any atom is -0.361 e. The number of rotatable bonds is 5. The summed E-state index contributed by atoms with van der Waals surface area (Å²) in [7, 11) is 0. The van der Waals surface area contributed by atoms with Gasteiger partial charge in [0.25, 0.3) is 5.91 Å². The number of piperazine rings is 1. The van der Waals surface area contributed by atoms with Gasteiger partial charge in [0, 0.05) is 44.5 Å². The Bertz CT molecular complexity index is 1100. The lowest BCUT2D eigenvalue weighted by molar-refractivity contribution is -0.137. The van der Waals surface area contributed by atoms with Gasteiger partial charge in [-0.1, -0.05) is 35.0 Å². The van der Waals surface area contributed by atoms with Crippen LogP contribution < -0.4 is 0 Å². The highest BCUT2D eigenvalue weighted by Gasteiger charge is 2.31. The summed E-state index contributed by atoms with van der Waals surface area (Å²) in [5.41, 5.74) is 0.810. The zero-order valence-corrected chi connectivity index (χ0v) is 18.0. The molecule has 4 rings (SSSR count). The van der Waals surface area contributed by atoms with Crippen molar-refractivity contribution < 1.29 is 22.5 Å². The molecule has 11 heteroatoms. The summed E-state index contributed by atoms with van der Waals surface area (Å²) in [6, 6.07) is 5.33. The number of carbonyl (C=O) groups is 1. The molecule has 1 amide bonds. The van der Waals surface area contributed by atoms with Gasteiger partial charge in [0.2, 0.25) is 0 Å². The maximum absolute atomic E-state index is 13.1. The van der Waals surface area contributed by atoms with Gasteiger partial charge in [0.05, 0.1) is 23.3 Å². The molecule has 0 saturated carbocycles. The quantitative estimate of drug-likeness (QED) is 0.570. The zero-order chi connectivity index (χ0) is 22.9. The molecule has 170 valence electrons. The molecular weight excluding hydrogens is 447 g/mol. The van der Waals surface area contributed by atoms with E-state index in [1.54, 1.807) is 28.8 Å². The summed E-state index contributed by atoms with van der Waals surface area (Å²) in [4.78, 5) is 16.8. The summed E-state index contributed by atoms with van der Waals surface area (Å²) in [6.07, 6.45) is -1.21. The van der Waals surface area contributed by atoms with Gasteiger partial charge in [-0.15, -0.1) is 0 Å². The lowest BCUT2D eigenvalue weighted by Crippen LogP contribution is -2.48. The minimum atomic E-state index is -4.37. The molecule has 0 N–H and O–H groups in total. The number of hydrogen-bond donors (Lipinski definition) is 0. The smallest absolute Gasteiger partial charge is 0.361 e. The Morgan fingerprint density at radius 1 is 1.19 bits per heavy atom. The number of alkyl halides is 3. The van der Waals surface area contributed by atoms with Crippen molar-refractivity contribution >= 4 is 17.5 Å². The van der Waals surface area contributed by atoms with Crippen LogP contribution in [0.2, 0.25) is 5.02 Å². The summed E-state index contributed by atoms with van der Waals surface area (Å²) in [5, 5.41) is 8.57. The number of aryl methyl sites for hydroxylation is 1. The van der Waals surface area contributed by atoms with Crippen LogP contribution in [0.4, 0.5) is 13.2 Å². The third-order valence-electron chi connectivity index (χ3n) is 5.43. The summed E-state index contributed by atoms with van der Waals surface area (Å²) >= 11 is 5.91. The molecular formula is C21H21ClF3N5O2. The van der Waals surface area contributed by atoms with Crippen LogP contribution >= 0.6 is 11.6 Å². The van der Waals surface area contributed by atoms with Gasteiger partial charge in [-0.2, -0.15) is 18.3 Å². The van der Waals surface area contributed by atoms with Crippen molar-refractivity contribution in [2.24, 2.45) is 0 Å². The molecule has 2 aromatic heterocycles. The highest BCUT2D eigenvalue weighted by molar-refractivity contribution is 6.30. The third-order valence-corrected chi connectivity index (χ3v) is 5.62. The van der Waals surface area contributed by atoms with Crippen molar-refractivity contribution in [1.29, 1.82) is 0 Å². The van der Waals surface area contributed by atoms with Gasteiger partial charge >= 0.3 is 6.18 Å². The van der Waals surface area contributed by atoms with Crippen molar-refractivity contribution in [3.63, 3.8) is 0 Å². The van der Waals surface area contributed by atoms with Crippen molar-refractivity contribution in [2.45, 2.75) is 26.2 Å². The largest absolute Gasteiger partial charge is 0.416 e. The van der Waals surface area contributed by atoms with Crippen LogP contribution in [-0.4, -0.2) is 56.8 Å². The summed E-state index contributed by atoms with van der Waals surface area (Å²) in [6.45, 7) is 4.40. The maximum Gasteiger partial charge on any atom is 0.416 e. The van der Waals surface area contributed by atoms with Crippen LogP contribution in [0.15, 0.2) is 41.2 Å². The van der Waals surface area contributed by atoms with Crippen molar-refractivity contribution in [3.05, 3.63) is 69.8 Å². The van der Waals surface area contributed by atoms with E-state index in [0.717, 1.165) is 6.07 Å². The Balaban J connectivity index is 1.38. The van der Waals surface area contributed by atoms with Crippen molar-refractivity contribution in [2.75, 3.05) is 26.2 Å². The molecule has 32 heavy (non-hydrogen) atoms. The monoisotopic (exact) mass is 467 g/mol. The Morgan fingerprint density at radius 2 is 1.94 bits per heavy atom. The van der Waals surface area contributed by atoms with Crippen LogP contribution in [0, 0.1) is 6.92 Å². The number of carbonyl (C=O) groups excluding carboxylic acids is 1. The Kier molecular flexibility index (Phi) is 6.25. The number of halogens is 4. The predicted octanol–water partition coefficient (Wildman–Crippen LogP) is 3.86. The number of aromatic nitrogens is 3. The molecule has 1 aliphatic rings. The normalized spacial score (nSPS) is 15.3. The fourth-order valence-electron chi connectivity index (χ4n) is 3.70. The SMILES string of the molecule is Cc1onc(C(=O)N2CCN(Cc3cccc(C(F)(F)F)c3)CC2)c1Cn1cc(Cl)cn1. The zero-order valence-electron chi connectivity index (χ0n) is 17.3. The van der Waals surface area contributed by atoms with Gasteiger partial charge in [-0.25, -0.2) is 0 Å². The molecule has 3 aromatic rings. The van der Waals surface area contributed by atoms with Gasteiger partial charge < -0.3 is 9.42 Å². The Hall–Kier alpha value is -2.85. The van der Waals surface area contributed by atoms with E-state index in [0.29, 0.717) is 61.2 Å². The average Bonchev–Trinajstić information content (AvgIpc) is 3.33. The van der Waals surface area contributed by atoms with Crippen LogP contribution in [0.1, 0.15) is 32.9 Å². The van der Waals surface area contributed by atoms with E-state index < -0.39 is 11.7 Å². The average molecular weight is 468 g/mol. The van der Waals surface area contributed by atoms with Gasteiger partial charge in [-0.3, -0.25) is 14.4 Å². The molecule has 1 saturated heterocycles. The molecule has 1 aromatic carbocycles. The second-order valence-electron chi connectivity index (χ2n) is 7.69. The van der Waals surface area contributed by atoms with E-state index in [-0.39, 0.29) is 11.6 Å². The molecule has 0 atom stereocenters. The Morgan fingerprint density at radius 3 is 2.59 bits per heavy atom. The fraction of sp³-hybridized carbons (Fsp3) is 0.381. The first-order chi connectivity index (χ1) is 15.2. The first-order valence-electron chi connectivity index (χ1n) is 10.0. The molecule has 0 spiro atoms. The third kappa shape index (κ3) is 4.97. The van der Waals surface area contributed by atoms with Gasteiger partial charge in [0.1, 0.15) is 5.76 Å². The number of hydrogen-bond acceptors (Lipinski definition) is 5. The van der Waals surface area contributed by atoms with E-state index >= 15 is 0 Å². The van der Waals surface area contributed by atoms with Crippen LogP contribution in [0.3, 0.4) is 0 Å². The predicted molar refractivity (Wildman–Crippen MR) is 110 cm³/mol. The highest BCUT2D eigenvalue weighted by Crippen LogP contribution is 2.30. The van der Waals surface area contributed by atoms with Crippen LogP contribution in [0.25, 0.3) is 0 Å². The van der Waals surface area contributed by atoms with E-state index in [4.69, 9.17) is 16.1 Å². The van der Waals surface area contributed by atoms with E-state index in [9.17, 15) is 18.0 Å². The number of benzene rings is 1. The molecule has 3 heterocycles. The van der Waals surface area contributed by atoms with E-state index in [1.165, 1.54) is 18.3 Å². The van der Waals surface area contributed by atoms with Crippen molar-refractivity contribution in [3.8, 4) is 0 Å². The molecule has 0 aliphatic carbocycles. The number of nitrogens with zero attached hydrogens (tertiary/aromatic N) is 5. The summed E-state index contributed by atoms with van der Waals surface area (Å²) < 4.78 is 45.7. The first-order valence-corrected chi connectivity index (χ1v) is 10.4.